The smallest absolute Gasteiger partial charge is 0.260 e. The van der Waals surface area contributed by atoms with E-state index in [0.717, 1.165) is 23.3 Å². The number of aromatic nitrogens is 3. The van der Waals surface area contributed by atoms with E-state index in [1.54, 1.807) is 41.6 Å². The Morgan fingerprint density at radius 2 is 1.77 bits per heavy atom. The van der Waals surface area contributed by atoms with Crippen LogP contribution < -0.4 is 4.90 Å². The molecule has 31 heavy (non-hydrogen) atoms. The lowest BCUT2D eigenvalue weighted by Gasteiger charge is -2.24. The number of thiazole rings is 1. The molecule has 0 aliphatic heterocycles. The van der Waals surface area contributed by atoms with Crippen LogP contribution in [0.3, 0.4) is 0 Å². The van der Waals surface area contributed by atoms with E-state index in [1.165, 1.54) is 17.4 Å². The number of rotatable bonds is 7. The molecule has 162 valence electrons. The molecule has 0 saturated carbocycles. The van der Waals surface area contributed by atoms with E-state index in [-0.39, 0.29) is 24.1 Å². The normalized spacial score (nSPS) is 11.1. The Labute approximate surface area is 190 Å². The van der Waals surface area contributed by atoms with Gasteiger partial charge in [0, 0.05) is 31.0 Å². The molecule has 0 saturated heterocycles. The summed E-state index contributed by atoms with van der Waals surface area (Å²) in [5.41, 5.74) is 2.18. The van der Waals surface area contributed by atoms with Crippen molar-refractivity contribution >= 4 is 56.0 Å². The maximum absolute atomic E-state index is 14.2. The predicted molar refractivity (Wildman–Crippen MR) is 126 cm³/mol. The summed E-state index contributed by atoms with van der Waals surface area (Å²) in [6.07, 6.45) is 3.22. The molecule has 4 aromatic rings. The number of likely N-dealkylation sites (N-methyl/N-ethyl adjacent to an activating group) is 1. The number of anilines is 1. The molecule has 1 amide bonds. The van der Waals surface area contributed by atoms with Gasteiger partial charge in [0.05, 0.1) is 15.7 Å². The number of hydrogen-bond donors (Lipinski definition) is 0. The van der Waals surface area contributed by atoms with Crippen LogP contribution in [-0.2, 0) is 0 Å². The molecule has 0 radical (unpaired) electrons. The molecular formula is C22H23ClFN5OS. The average molecular weight is 460 g/mol. The van der Waals surface area contributed by atoms with Crippen molar-refractivity contribution in [2.45, 2.75) is 13.8 Å². The summed E-state index contributed by atoms with van der Waals surface area (Å²) in [7, 11) is 0. The van der Waals surface area contributed by atoms with Gasteiger partial charge in [-0.1, -0.05) is 31.3 Å². The number of carbonyl (C=O) groups excluding carboxylic acids is 1. The second-order valence-corrected chi connectivity index (χ2v) is 7.84. The molecule has 0 atom stereocenters. The molecule has 9 heteroatoms. The van der Waals surface area contributed by atoms with E-state index in [9.17, 15) is 9.18 Å². The van der Waals surface area contributed by atoms with Gasteiger partial charge in [-0.15, -0.1) is 12.4 Å². The number of hydrogen-bond acceptors (Lipinski definition) is 6. The van der Waals surface area contributed by atoms with E-state index < -0.39 is 0 Å². The van der Waals surface area contributed by atoms with Gasteiger partial charge in [0.1, 0.15) is 11.3 Å². The molecule has 4 rings (SSSR count). The van der Waals surface area contributed by atoms with Gasteiger partial charge in [0.2, 0.25) is 0 Å². The number of para-hydroxylation sites is 1. The van der Waals surface area contributed by atoms with Gasteiger partial charge in [0.15, 0.2) is 5.13 Å². The minimum atomic E-state index is -0.382. The highest BCUT2D eigenvalue weighted by Crippen LogP contribution is 2.31. The van der Waals surface area contributed by atoms with E-state index >= 15 is 0 Å². The monoisotopic (exact) mass is 459 g/mol. The van der Waals surface area contributed by atoms with Crippen molar-refractivity contribution < 1.29 is 9.18 Å². The molecule has 6 nitrogen and oxygen atoms in total. The number of carbonyl (C=O) groups is 1. The summed E-state index contributed by atoms with van der Waals surface area (Å²) in [4.78, 5) is 30.4. The lowest BCUT2D eigenvalue weighted by atomic mass is 10.1. The Hall–Kier alpha value is -2.68. The van der Waals surface area contributed by atoms with Gasteiger partial charge < -0.3 is 4.90 Å². The zero-order valence-electron chi connectivity index (χ0n) is 17.3. The summed E-state index contributed by atoms with van der Waals surface area (Å²) in [5.74, 6) is -0.568. The standard InChI is InChI=1S/C22H22FN5OS.ClH/c1-3-27(4-2)12-13-28(22-26-20-16(23)6-5-7-19(20)30-22)21(29)15-8-9-17-18(14-15)25-11-10-24-17;/h5-11,14H,3-4,12-13H2,1-2H3;1H. The zero-order chi connectivity index (χ0) is 21.1. The summed E-state index contributed by atoms with van der Waals surface area (Å²) >= 11 is 1.32. The molecular weight excluding hydrogens is 437 g/mol. The molecule has 2 aromatic carbocycles. The van der Waals surface area contributed by atoms with Gasteiger partial charge in [-0.05, 0) is 43.4 Å². The number of benzene rings is 2. The van der Waals surface area contributed by atoms with Crippen molar-refractivity contribution in [1.82, 2.24) is 19.9 Å². The Kier molecular flexibility index (Phi) is 7.48. The summed E-state index contributed by atoms with van der Waals surface area (Å²) in [5, 5.41) is 0.492. The number of halogens is 2. The SMILES string of the molecule is CCN(CC)CCN(C(=O)c1ccc2nccnc2c1)c1nc2c(F)cccc2s1.Cl. The Balaban J connectivity index is 0.00000272. The van der Waals surface area contributed by atoms with Crippen LogP contribution in [0, 0.1) is 5.82 Å². The molecule has 2 heterocycles. The molecule has 0 aliphatic carbocycles. The van der Waals surface area contributed by atoms with Gasteiger partial charge in [-0.3, -0.25) is 19.7 Å². The van der Waals surface area contributed by atoms with E-state index in [4.69, 9.17) is 0 Å². The molecule has 0 aliphatic rings. The van der Waals surface area contributed by atoms with Crippen molar-refractivity contribution in [2.24, 2.45) is 0 Å². The molecule has 0 bridgehead atoms. The lowest BCUT2D eigenvalue weighted by Crippen LogP contribution is -2.38. The van der Waals surface area contributed by atoms with Gasteiger partial charge in [0.25, 0.3) is 5.91 Å². The first-order chi connectivity index (χ1) is 14.6. The quantitative estimate of drug-likeness (QED) is 0.397. The molecule has 0 unspecified atom stereocenters. The molecule has 0 fully saturated rings. The third-order valence-electron chi connectivity index (χ3n) is 5.09. The minimum absolute atomic E-state index is 0. The van der Waals surface area contributed by atoms with Crippen molar-refractivity contribution in [3.63, 3.8) is 0 Å². The average Bonchev–Trinajstić information content (AvgIpc) is 3.21. The highest BCUT2D eigenvalue weighted by atomic mass is 35.5. The number of amides is 1. The molecule has 0 N–H and O–H groups in total. The second kappa shape index (κ2) is 10.1. The van der Waals surface area contributed by atoms with Crippen LogP contribution in [0.5, 0.6) is 0 Å². The van der Waals surface area contributed by atoms with Gasteiger partial charge in [-0.25, -0.2) is 9.37 Å². The fourth-order valence-corrected chi connectivity index (χ4v) is 4.34. The van der Waals surface area contributed by atoms with E-state index in [2.05, 4.69) is 33.7 Å². The summed E-state index contributed by atoms with van der Waals surface area (Å²) in [6, 6.07) is 10.1. The Bertz CT molecular complexity index is 1200. The molecule has 0 spiro atoms. The third-order valence-corrected chi connectivity index (χ3v) is 6.13. The van der Waals surface area contributed by atoms with Crippen molar-refractivity contribution in [3.05, 3.63) is 60.2 Å². The van der Waals surface area contributed by atoms with Crippen LogP contribution in [0.15, 0.2) is 48.8 Å². The van der Waals surface area contributed by atoms with Gasteiger partial charge in [-0.2, -0.15) is 0 Å². The highest BCUT2D eigenvalue weighted by molar-refractivity contribution is 7.22. The molecule has 2 aromatic heterocycles. The fourth-order valence-electron chi connectivity index (χ4n) is 3.34. The van der Waals surface area contributed by atoms with Crippen molar-refractivity contribution in [3.8, 4) is 0 Å². The van der Waals surface area contributed by atoms with Crippen LogP contribution in [0.4, 0.5) is 9.52 Å². The minimum Gasteiger partial charge on any atom is -0.302 e. The van der Waals surface area contributed by atoms with E-state index in [1.807, 2.05) is 6.07 Å². The van der Waals surface area contributed by atoms with Crippen molar-refractivity contribution in [2.75, 3.05) is 31.1 Å². The summed E-state index contributed by atoms with van der Waals surface area (Å²) < 4.78 is 14.9. The largest absolute Gasteiger partial charge is 0.302 e. The van der Waals surface area contributed by atoms with Crippen LogP contribution in [0.25, 0.3) is 21.3 Å². The number of nitrogens with zero attached hydrogens (tertiary/aromatic N) is 5. The Morgan fingerprint density at radius 3 is 2.48 bits per heavy atom. The number of fused-ring (bicyclic) bond motifs is 2. The predicted octanol–water partition coefficient (Wildman–Crippen LogP) is 4.79. The van der Waals surface area contributed by atoms with E-state index in [0.29, 0.717) is 34.8 Å². The summed E-state index contributed by atoms with van der Waals surface area (Å²) in [6.45, 7) is 7.11. The highest BCUT2D eigenvalue weighted by Gasteiger charge is 2.23. The van der Waals surface area contributed by atoms with Crippen LogP contribution in [0.2, 0.25) is 0 Å². The first-order valence-electron chi connectivity index (χ1n) is 9.90. The topological polar surface area (TPSA) is 62.2 Å². The maximum atomic E-state index is 14.2. The first kappa shape index (κ1) is 23.0. The first-order valence-corrected chi connectivity index (χ1v) is 10.7. The fraction of sp³-hybridized carbons (Fsp3) is 0.273. The van der Waals surface area contributed by atoms with Gasteiger partial charge >= 0.3 is 0 Å². The maximum Gasteiger partial charge on any atom is 0.260 e. The van der Waals surface area contributed by atoms with Crippen molar-refractivity contribution in [1.29, 1.82) is 0 Å². The van der Waals surface area contributed by atoms with Crippen LogP contribution >= 0.6 is 23.7 Å². The zero-order valence-corrected chi connectivity index (χ0v) is 18.9. The Morgan fingerprint density at radius 1 is 1.03 bits per heavy atom. The van der Waals surface area contributed by atoms with Crippen LogP contribution in [0.1, 0.15) is 24.2 Å². The third kappa shape index (κ3) is 4.81. The van der Waals surface area contributed by atoms with Crippen LogP contribution in [-0.4, -0.2) is 51.9 Å². The lowest BCUT2D eigenvalue weighted by molar-refractivity contribution is 0.0984. The second-order valence-electron chi connectivity index (χ2n) is 6.83.